The van der Waals surface area contributed by atoms with Crippen LogP contribution in [0.1, 0.15) is 15.9 Å². The summed E-state index contributed by atoms with van der Waals surface area (Å²) in [5.74, 6) is -0.474. The summed E-state index contributed by atoms with van der Waals surface area (Å²) < 4.78 is 4.87. The van der Waals surface area contributed by atoms with E-state index in [-0.39, 0.29) is 23.0 Å². The largest absolute Gasteiger partial charge is 0.508 e. The molecule has 0 unspecified atom stereocenters. The van der Waals surface area contributed by atoms with Gasteiger partial charge in [0, 0.05) is 5.56 Å². The van der Waals surface area contributed by atoms with E-state index < -0.39 is 16.9 Å². The number of aldehydes is 1. The van der Waals surface area contributed by atoms with Crippen molar-refractivity contribution in [3.8, 4) is 11.5 Å². The molecule has 2 N–H and O–H groups in total. The third kappa shape index (κ3) is 1.25. The average molecular weight is 220 g/mol. The van der Waals surface area contributed by atoms with E-state index in [2.05, 4.69) is 0 Å². The zero-order chi connectivity index (χ0) is 11.9. The molecule has 0 atom stereocenters. The van der Waals surface area contributed by atoms with Crippen LogP contribution < -0.4 is 5.63 Å². The second kappa shape index (κ2) is 3.37. The fourth-order valence-electron chi connectivity index (χ4n) is 1.49. The quantitative estimate of drug-likeness (QED) is 0.559. The van der Waals surface area contributed by atoms with Crippen LogP contribution in [0.4, 0.5) is 0 Å². The van der Waals surface area contributed by atoms with Crippen LogP contribution in [0.25, 0.3) is 11.0 Å². The molecule has 5 heteroatoms. The number of fused-ring (bicyclic) bond motifs is 1. The zero-order valence-corrected chi connectivity index (χ0v) is 8.35. The summed E-state index contributed by atoms with van der Waals surface area (Å²) in [4.78, 5) is 21.9. The van der Waals surface area contributed by atoms with E-state index in [9.17, 15) is 19.8 Å². The van der Waals surface area contributed by atoms with E-state index in [0.717, 1.165) is 0 Å². The van der Waals surface area contributed by atoms with Gasteiger partial charge in [0.1, 0.15) is 22.6 Å². The van der Waals surface area contributed by atoms with Gasteiger partial charge in [-0.25, -0.2) is 4.79 Å². The van der Waals surface area contributed by atoms with Crippen LogP contribution in [0.2, 0.25) is 0 Å². The summed E-state index contributed by atoms with van der Waals surface area (Å²) in [5, 5.41) is 19.3. The Kier molecular flexibility index (Phi) is 2.16. The van der Waals surface area contributed by atoms with Gasteiger partial charge in [-0.05, 0) is 19.1 Å². The van der Waals surface area contributed by atoms with Crippen molar-refractivity contribution in [1.29, 1.82) is 0 Å². The number of aryl methyl sites for hydroxylation is 1. The van der Waals surface area contributed by atoms with Crippen LogP contribution in [-0.2, 0) is 0 Å². The Hall–Kier alpha value is -2.30. The lowest BCUT2D eigenvalue weighted by Gasteiger charge is -2.05. The fourth-order valence-corrected chi connectivity index (χ4v) is 1.49. The van der Waals surface area contributed by atoms with Gasteiger partial charge in [0.15, 0.2) is 6.29 Å². The van der Waals surface area contributed by atoms with Gasteiger partial charge in [0.25, 0.3) is 0 Å². The molecule has 0 saturated heterocycles. The minimum atomic E-state index is -0.923. The van der Waals surface area contributed by atoms with E-state index in [1.807, 2.05) is 0 Å². The number of hydrogen-bond donors (Lipinski definition) is 2. The Morgan fingerprint density at radius 3 is 2.62 bits per heavy atom. The first kappa shape index (κ1) is 10.2. The normalized spacial score (nSPS) is 10.6. The fraction of sp³-hybridized carbons (Fsp3) is 0.0909. The van der Waals surface area contributed by atoms with Gasteiger partial charge < -0.3 is 14.6 Å². The molecule has 0 aliphatic heterocycles. The Labute approximate surface area is 89.6 Å². The Bertz CT molecular complexity index is 639. The highest BCUT2D eigenvalue weighted by Crippen LogP contribution is 2.31. The molecule has 0 spiro atoms. The first-order chi connectivity index (χ1) is 7.56. The summed E-state index contributed by atoms with van der Waals surface area (Å²) >= 11 is 0. The first-order valence-corrected chi connectivity index (χ1v) is 4.49. The third-order valence-electron chi connectivity index (χ3n) is 2.42. The molecule has 0 aliphatic rings. The van der Waals surface area contributed by atoms with Crippen LogP contribution in [0.15, 0.2) is 21.3 Å². The van der Waals surface area contributed by atoms with Gasteiger partial charge in [0.2, 0.25) is 0 Å². The predicted molar refractivity (Wildman–Crippen MR) is 55.9 cm³/mol. The van der Waals surface area contributed by atoms with Crippen LogP contribution in [-0.4, -0.2) is 16.5 Å². The average Bonchev–Trinajstić information content (AvgIpc) is 2.25. The Morgan fingerprint density at radius 1 is 1.31 bits per heavy atom. The van der Waals surface area contributed by atoms with Crippen LogP contribution in [0.5, 0.6) is 11.5 Å². The molecule has 0 fully saturated rings. The molecule has 0 aliphatic carbocycles. The molecule has 2 aromatic rings. The van der Waals surface area contributed by atoms with Crippen molar-refractivity contribution >= 4 is 17.3 Å². The number of rotatable bonds is 1. The van der Waals surface area contributed by atoms with Crippen molar-refractivity contribution in [2.75, 3.05) is 0 Å². The molecule has 5 nitrogen and oxygen atoms in total. The standard InChI is InChI=1S/C11H8O5/c1-5-8(13)3-2-6-9(14)7(4-12)11(15)16-10(5)6/h2-4,13-14H,1H3. The van der Waals surface area contributed by atoms with Crippen molar-refractivity contribution in [2.45, 2.75) is 6.92 Å². The minimum absolute atomic E-state index is 0.0473. The molecule has 1 heterocycles. The highest BCUT2D eigenvalue weighted by molar-refractivity contribution is 5.93. The number of carbonyl (C=O) groups is 1. The molecule has 0 amide bonds. The van der Waals surface area contributed by atoms with Gasteiger partial charge >= 0.3 is 5.63 Å². The van der Waals surface area contributed by atoms with Gasteiger partial charge in [0.05, 0.1) is 5.39 Å². The molecule has 1 aromatic heterocycles. The summed E-state index contributed by atoms with van der Waals surface area (Å²) in [5.41, 5.74) is -0.929. The Balaban J connectivity index is 3.04. The molecule has 16 heavy (non-hydrogen) atoms. The molecule has 2 rings (SSSR count). The van der Waals surface area contributed by atoms with E-state index in [1.54, 1.807) is 6.92 Å². The van der Waals surface area contributed by atoms with E-state index in [1.165, 1.54) is 12.1 Å². The summed E-state index contributed by atoms with van der Waals surface area (Å²) in [6.07, 6.45) is 0.239. The minimum Gasteiger partial charge on any atom is -0.508 e. The third-order valence-corrected chi connectivity index (χ3v) is 2.42. The number of phenols is 1. The number of phenolic OH excluding ortho intramolecular Hbond substituents is 1. The maximum Gasteiger partial charge on any atom is 0.350 e. The van der Waals surface area contributed by atoms with Crippen LogP contribution >= 0.6 is 0 Å². The summed E-state index contributed by atoms with van der Waals surface area (Å²) in [7, 11) is 0. The lowest BCUT2D eigenvalue weighted by molar-refractivity contribution is 0.111. The zero-order valence-electron chi connectivity index (χ0n) is 8.35. The molecule has 82 valence electrons. The molecular formula is C11H8O5. The predicted octanol–water partition coefficient (Wildman–Crippen LogP) is 1.33. The molecule has 0 radical (unpaired) electrons. The van der Waals surface area contributed by atoms with E-state index >= 15 is 0 Å². The second-order valence-electron chi connectivity index (χ2n) is 3.36. The number of benzene rings is 1. The molecule has 1 aromatic carbocycles. The van der Waals surface area contributed by atoms with Gasteiger partial charge in [-0.15, -0.1) is 0 Å². The van der Waals surface area contributed by atoms with E-state index in [4.69, 9.17) is 4.42 Å². The highest BCUT2D eigenvalue weighted by atomic mass is 16.4. The topological polar surface area (TPSA) is 87.7 Å². The lowest BCUT2D eigenvalue weighted by atomic mass is 10.1. The van der Waals surface area contributed by atoms with Crippen molar-refractivity contribution in [3.05, 3.63) is 33.7 Å². The first-order valence-electron chi connectivity index (χ1n) is 4.49. The van der Waals surface area contributed by atoms with Gasteiger partial charge in [-0.3, -0.25) is 4.79 Å². The van der Waals surface area contributed by atoms with Crippen molar-refractivity contribution < 1.29 is 19.4 Å². The van der Waals surface area contributed by atoms with E-state index in [0.29, 0.717) is 5.56 Å². The monoisotopic (exact) mass is 220 g/mol. The van der Waals surface area contributed by atoms with Crippen molar-refractivity contribution in [3.63, 3.8) is 0 Å². The summed E-state index contributed by atoms with van der Waals surface area (Å²) in [6, 6.07) is 2.73. The van der Waals surface area contributed by atoms with Crippen LogP contribution in [0.3, 0.4) is 0 Å². The molecule has 0 bridgehead atoms. The lowest BCUT2D eigenvalue weighted by Crippen LogP contribution is -2.06. The molecular weight excluding hydrogens is 212 g/mol. The van der Waals surface area contributed by atoms with Crippen molar-refractivity contribution in [1.82, 2.24) is 0 Å². The number of carbonyl (C=O) groups excluding carboxylic acids is 1. The smallest absolute Gasteiger partial charge is 0.350 e. The van der Waals surface area contributed by atoms with Crippen LogP contribution in [0, 0.1) is 6.92 Å². The number of hydrogen-bond acceptors (Lipinski definition) is 5. The maximum atomic E-state index is 11.3. The summed E-state index contributed by atoms with van der Waals surface area (Å²) in [6.45, 7) is 1.54. The highest BCUT2D eigenvalue weighted by Gasteiger charge is 2.15. The molecule has 0 saturated carbocycles. The van der Waals surface area contributed by atoms with Gasteiger partial charge in [-0.2, -0.15) is 0 Å². The van der Waals surface area contributed by atoms with Crippen molar-refractivity contribution in [2.24, 2.45) is 0 Å². The number of aromatic hydroxyl groups is 2. The SMILES string of the molecule is Cc1c(O)ccc2c(O)c(C=O)c(=O)oc12. The van der Waals surface area contributed by atoms with Gasteiger partial charge in [-0.1, -0.05) is 0 Å². The second-order valence-corrected chi connectivity index (χ2v) is 3.36. The maximum absolute atomic E-state index is 11.3. The Morgan fingerprint density at radius 2 is 2.00 bits per heavy atom.